The van der Waals surface area contributed by atoms with Crippen LogP contribution in [0.3, 0.4) is 0 Å². The minimum absolute atomic E-state index is 7.56. The number of hydrogen-bond acceptors (Lipinski definition) is 0. The van der Waals surface area contributed by atoms with Crippen LogP contribution in [0.1, 0.15) is 0 Å². The summed E-state index contributed by atoms with van der Waals surface area (Å²) in [7, 11) is 0. The van der Waals surface area contributed by atoms with Crippen LogP contribution in [-0.2, 0) is 5.11 Å². The average Bonchev–Trinajstić information content (AvgIpc) is 2.34. The predicted octanol–water partition coefficient (Wildman–Crippen LogP) is 5.38. The van der Waals surface area contributed by atoms with Crippen molar-refractivity contribution in [1.82, 2.24) is 0 Å². The minimum Gasteiger partial charge on any atom is -0.192 e. The van der Waals surface area contributed by atoms with Crippen LogP contribution in [0.4, 0.5) is 74.6 Å². The van der Waals surface area contributed by atoms with E-state index in [-0.39, 0.29) is 0 Å². The monoisotopic (exact) mass is 435 g/mol. The summed E-state index contributed by atoms with van der Waals surface area (Å²) in [5, 5.41) is 9.49. The van der Waals surface area contributed by atoms with Crippen LogP contribution >= 0.6 is 0 Å². The Bertz CT molecular complexity index is 474. The van der Waals surface area contributed by atoms with E-state index in [9.17, 15) is 79.7 Å². The van der Waals surface area contributed by atoms with Crippen LogP contribution in [0.15, 0.2) is 0 Å². The van der Waals surface area contributed by atoms with Crippen molar-refractivity contribution in [2.24, 2.45) is 0 Å². The van der Waals surface area contributed by atoms with Gasteiger partial charge >= 0.3 is 47.8 Å². The molecular formula is C8F17O. The minimum atomic E-state index is -8.70. The number of halogens is 17. The highest BCUT2D eigenvalue weighted by atomic mass is 19.4. The topological polar surface area (TPSA) is 19.9 Å². The van der Waals surface area contributed by atoms with E-state index in [0.29, 0.717) is 0 Å². The first-order valence-corrected chi connectivity index (χ1v) is 5.17. The van der Waals surface area contributed by atoms with Crippen LogP contribution in [0.2, 0.25) is 0 Å². The molecule has 0 amide bonds. The summed E-state index contributed by atoms with van der Waals surface area (Å²) in [6.07, 6.45) is -15.4. The molecule has 26 heavy (non-hydrogen) atoms. The lowest BCUT2D eigenvalue weighted by Gasteiger charge is -2.41. The fourth-order valence-corrected chi connectivity index (χ4v) is 1.15. The summed E-state index contributed by atoms with van der Waals surface area (Å²) < 4.78 is 210. The molecule has 0 rings (SSSR count). The Balaban J connectivity index is 6.61. The summed E-state index contributed by atoms with van der Waals surface area (Å²) in [6.45, 7) is 0. The summed E-state index contributed by atoms with van der Waals surface area (Å²) >= 11 is 0. The molecule has 0 atom stereocenters. The standard InChI is InChI=1S/C8F17O/c9-1(10,3(13,14)5(17,18)7(21,22)23)2(11,12)4(15,16)6(19,20)8(24,25)26. The molecule has 0 saturated carbocycles. The Morgan fingerprint density at radius 2 is 0.500 bits per heavy atom. The zero-order valence-corrected chi connectivity index (χ0v) is 10.8. The molecule has 0 N–H and O–H groups in total. The van der Waals surface area contributed by atoms with Crippen LogP contribution < -0.4 is 0 Å². The number of rotatable bonds is 6. The first-order valence-electron chi connectivity index (χ1n) is 5.17. The van der Waals surface area contributed by atoms with Gasteiger partial charge in [-0.05, 0) is 0 Å². The predicted molar refractivity (Wildman–Crippen MR) is 41.4 cm³/mol. The van der Waals surface area contributed by atoms with E-state index in [4.69, 9.17) is 0 Å². The lowest BCUT2D eigenvalue weighted by Crippen LogP contribution is -2.74. The van der Waals surface area contributed by atoms with Crippen molar-refractivity contribution in [1.29, 1.82) is 0 Å². The molecule has 0 spiro atoms. The molecule has 0 unspecified atom stereocenters. The van der Waals surface area contributed by atoms with E-state index in [2.05, 4.69) is 0 Å². The smallest absolute Gasteiger partial charge is 0.192 e. The van der Waals surface area contributed by atoms with Crippen molar-refractivity contribution in [3.05, 3.63) is 0 Å². The molecule has 1 nitrogen and oxygen atoms in total. The average molecular weight is 435 g/mol. The normalized spacial score (nSPS) is 16.8. The number of alkyl halides is 17. The lowest BCUT2D eigenvalue weighted by atomic mass is 9.91. The zero-order valence-electron chi connectivity index (χ0n) is 10.8. The first kappa shape index (κ1) is 24.8. The Hall–Kier alpha value is -1.23. The molecule has 0 aromatic carbocycles. The van der Waals surface area contributed by atoms with Crippen molar-refractivity contribution >= 4 is 0 Å². The van der Waals surface area contributed by atoms with E-state index < -0.39 is 47.8 Å². The van der Waals surface area contributed by atoms with Gasteiger partial charge in [-0.15, -0.1) is 0 Å². The fourth-order valence-electron chi connectivity index (χ4n) is 1.15. The van der Waals surface area contributed by atoms with Gasteiger partial charge in [-0.2, -0.15) is 79.7 Å². The maximum atomic E-state index is 12.8. The van der Waals surface area contributed by atoms with Gasteiger partial charge in [0.2, 0.25) is 0 Å². The molecule has 0 saturated heterocycles. The number of hydrogen-bond donors (Lipinski definition) is 0. The molecule has 1 radical (unpaired) electrons. The zero-order chi connectivity index (χ0) is 22.0. The Labute approximate surface area is 129 Å². The van der Waals surface area contributed by atoms with Gasteiger partial charge in [0.25, 0.3) is 0 Å². The summed E-state index contributed by atoms with van der Waals surface area (Å²) in [6, 6.07) is 0. The Kier molecular flexibility index (Phi) is 5.37. The van der Waals surface area contributed by atoms with Crippen LogP contribution in [0.25, 0.3) is 0 Å². The third kappa shape index (κ3) is 2.83. The van der Waals surface area contributed by atoms with Crippen molar-refractivity contribution in [3.8, 4) is 0 Å². The van der Waals surface area contributed by atoms with Gasteiger partial charge in [0.15, 0.2) is 0 Å². The molecule has 0 aliphatic carbocycles. The Morgan fingerprint density at radius 3 is 0.692 bits per heavy atom. The largest absolute Gasteiger partial charge is 0.460 e. The fraction of sp³-hybridized carbons (Fsp3) is 1.00. The maximum absolute atomic E-state index is 12.8. The van der Waals surface area contributed by atoms with Crippen LogP contribution in [0.5, 0.6) is 0 Å². The summed E-state index contributed by atoms with van der Waals surface area (Å²) in [4.78, 5) is 0. The van der Waals surface area contributed by atoms with Gasteiger partial charge in [-0.1, -0.05) is 0 Å². The molecule has 0 bridgehead atoms. The van der Waals surface area contributed by atoms with Gasteiger partial charge in [-0.25, -0.2) is 0 Å². The molecular weight excluding hydrogens is 435 g/mol. The van der Waals surface area contributed by atoms with Gasteiger partial charge in [-0.3, -0.25) is 0 Å². The van der Waals surface area contributed by atoms with E-state index in [1.165, 1.54) is 0 Å². The van der Waals surface area contributed by atoms with Crippen LogP contribution in [-0.4, -0.2) is 47.8 Å². The molecule has 157 valence electrons. The van der Waals surface area contributed by atoms with Crippen LogP contribution in [0, 0.1) is 0 Å². The third-order valence-corrected chi connectivity index (χ3v) is 2.69. The highest BCUT2D eigenvalue weighted by Gasteiger charge is 2.95. The molecule has 18 heteroatoms. The molecule has 0 aliphatic heterocycles. The first-order chi connectivity index (χ1) is 10.8. The van der Waals surface area contributed by atoms with E-state index in [1.54, 1.807) is 0 Å². The van der Waals surface area contributed by atoms with E-state index >= 15 is 0 Å². The van der Waals surface area contributed by atoms with Gasteiger partial charge in [0.05, 0.1) is 0 Å². The third-order valence-electron chi connectivity index (χ3n) is 2.69. The summed E-state index contributed by atoms with van der Waals surface area (Å²) in [5.74, 6) is -50.7. The van der Waals surface area contributed by atoms with Gasteiger partial charge < -0.3 is 0 Å². The lowest BCUT2D eigenvalue weighted by molar-refractivity contribution is -0.479. The molecule has 0 fully saturated rings. The molecule has 0 aliphatic rings. The highest BCUT2D eigenvalue weighted by molar-refractivity contribution is 5.13. The molecule has 0 heterocycles. The van der Waals surface area contributed by atoms with E-state index in [0.717, 1.165) is 0 Å². The molecule has 0 aromatic rings. The second-order valence-corrected chi connectivity index (χ2v) is 4.46. The second-order valence-electron chi connectivity index (χ2n) is 4.46. The van der Waals surface area contributed by atoms with Crippen molar-refractivity contribution in [2.45, 2.75) is 47.8 Å². The maximum Gasteiger partial charge on any atom is 0.460 e. The van der Waals surface area contributed by atoms with Crippen molar-refractivity contribution in [3.63, 3.8) is 0 Å². The SMILES string of the molecule is [O]C(F)(F)C(F)(F)C(F)(F)C(F)(F)C(F)(F)C(F)(F)C(F)(F)C(F)(F)F. The van der Waals surface area contributed by atoms with Gasteiger partial charge in [0, 0.05) is 0 Å². The Morgan fingerprint density at radius 1 is 0.308 bits per heavy atom. The summed E-state index contributed by atoms with van der Waals surface area (Å²) in [5.41, 5.74) is 0. The van der Waals surface area contributed by atoms with Crippen molar-refractivity contribution < 1.29 is 79.7 Å². The van der Waals surface area contributed by atoms with E-state index in [1.807, 2.05) is 0 Å². The molecule has 0 aromatic heterocycles. The second kappa shape index (κ2) is 5.63. The van der Waals surface area contributed by atoms with Crippen molar-refractivity contribution in [2.75, 3.05) is 0 Å². The quantitative estimate of drug-likeness (QED) is 0.500. The highest BCUT2D eigenvalue weighted by Crippen LogP contribution is 2.63. The van der Waals surface area contributed by atoms with Gasteiger partial charge in [0.1, 0.15) is 0 Å².